The van der Waals surface area contributed by atoms with E-state index in [1.54, 1.807) is 11.1 Å². The van der Waals surface area contributed by atoms with E-state index in [1.807, 2.05) is 20.9 Å². The maximum atomic E-state index is 12.3. The second-order valence-electron chi connectivity index (χ2n) is 5.32. The Hall–Kier alpha value is -1.32. The molecule has 0 aliphatic carbocycles. The van der Waals surface area contributed by atoms with Crippen molar-refractivity contribution in [3.63, 3.8) is 0 Å². The van der Waals surface area contributed by atoms with Gasteiger partial charge in [0.25, 0.3) is 5.91 Å². The predicted molar refractivity (Wildman–Crippen MR) is 66.9 cm³/mol. The number of imidazole rings is 1. The van der Waals surface area contributed by atoms with Crippen LogP contribution in [0.15, 0.2) is 6.20 Å². The molecule has 1 aliphatic rings. The van der Waals surface area contributed by atoms with E-state index in [2.05, 4.69) is 16.5 Å². The van der Waals surface area contributed by atoms with Crippen LogP contribution < -0.4 is 0 Å². The molecule has 1 aromatic heterocycles. The Bertz CT molecular complexity index is 422. The van der Waals surface area contributed by atoms with Crippen molar-refractivity contribution < 1.29 is 4.79 Å². The number of hydrogen-bond acceptors (Lipinski definition) is 2. The van der Waals surface area contributed by atoms with E-state index in [9.17, 15) is 4.79 Å². The topological polar surface area (TPSA) is 38.1 Å². The average molecular weight is 235 g/mol. The fraction of sp³-hybridized carbons (Fsp3) is 0.692. The minimum atomic E-state index is 0.0767. The summed E-state index contributed by atoms with van der Waals surface area (Å²) in [6.07, 6.45) is 3.89. The van der Waals surface area contributed by atoms with E-state index in [-0.39, 0.29) is 11.9 Å². The molecule has 4 heteroatoms. The van der Waals surface area contributed by atoms with Crippen LogP contribution in [0, 0.1) is 5.92 Å². The number of aryl methyl sites for hydroxylation is 1. The van der Waals surface area contributed by atoms with Crippen molar-refractivity contribution in [1.82, 2.24) is 14.5 Å². The molecule has 1 aliphatic heterocycles. The van der Waals surface area contributed by atoms with E-state index in [1.165, 1.54) is 6.42 Å². The van der Waals surface area contributed by atoms with Gasteiger partial charge in [0.2, 0.25) is 0 Å². The van der Waals surface area contributed by atoms with Crippen LogP contribution >= 0.6 is 0 Å². The van der Waals surface area contributed by atoms with Gasteiger partial charge in [-0.05, 0) is 26.2 Å². The van der Waals surface area contributed by atoms with Crippen molar-refractivity contribution in [3.05, 3.63) is 17.7 Å². The molecule has 1 atom stereocenters. The van der Waals surface area contributed by atoms with Gasteiger partial charge in [0.1, 0.15) is 11.5 Å². The zero-order valence-electron chi connectivity index (χ0n) is 11.1. The van der Waals surface area contributed by atoms with Crippen LogP contribution in [0.4, 0.5) is 0 Å². The molecule has 0 bridgehead atoms. The molecule has 0 spiro atoms. The predicted octanol–water partition coefficient (Wildman–Crippen LogP) is 1.95. The third-order valence-corrected chi connectivity index (χ3v) is 3.61. The summed E-state index contributed by atoms with van der Waals surface area (Å²) in [4.78, 5) is 18.4. The lowest BCUT2D eigenvalue weighted by Crippen LogP contribution is -2.35. The van der Waals surface area contributed by atoms with Crippen molar-refractivity contribution >= 4 is 5.91 Å². The van der Waals surface area contributed by atoms with Crippen LogP contribution in [0.3, 0.4) is 0 Å². The van der Waals surface area contributed by atoms with Crippen molar-refractivity contribution in [2.75, 3.05) is 7.05 Å². The largest absolute Gasteiger partial charge is 0.338 e. The average Bonchev–Trinajstić information content (AvgIpc) is 2.69. The fourth-order valence-electron chi connectivity index (χ4n) is 2.18. The van der Waals surface area contributed by atoms with E-state index < -0.39 is 0 Å². The van der Waals surface area contributed by atoms with Gasteiger partial charge in [0.05, 0.1) is 6.20 Å². The molecule has 0 N–H and O–H groups in total. The van der Waals surface area contributed by atoms with Crippen LogP contribution in [-0.4, -0.2) is 33.4 Å². The molecular formula is C13H21N3O. The first-order chi connectivity index (χ1) is 8.00. The van der Waals surface area contributed by atoms with Crippen LogP contribution in [-0.2, 0) is 13.0 Å². The fourth-order valence-corrected chi connectivity index (χ4v) is 2.18. The molecule has 2 rings (SSSR count). The standard InChI is InChI=1S/C13H21N3O/c1-9(2)15(4)13(17)11-7-14-12-6-5-10(3)8-16(11)12/h7,9-10H,5-6,8H2,1-4H3/t10-/m1/s1. The number of nitrogens with zero attached hydrogens (tertiary/aromatic N) is 3. The summed E-state index contributed by atoms with van der Waals surface area (Å²) in [5.74, 6) is 1.77. The molecule has 4 nitrogen and oxygen atoms in total. The highest BCUT2D eigenvalue weighted by molar-refractivity contribution is 5.92. The minimum absolute atomic E-state index is 0.0767. The highest BCUT2D eigenvalue weighted by atomic mass is 16.2. The molecular weight excluding hydrogens is 214 g/mol. The van der Waals surface area contributed by atoms with Crippen LogP contribution in [0.25, 0.3) is 0 Å². The first-order valence-electron chi connectivity index (χ1n) is 6.32. The molecule has 0 aromatic carbocycles. The van der Waals surface area contributed by atoms with E-state index in [0.717, 1.165) is 24.5 Å². The van der Waals surface area contributed by atoms with Gasteiger partial charge in [-0.25, -0.2) is 4.98 Å². The molecule has 0 fully saturated rings. The van der Waals surface area contributed by atoms with E-state index in [4.69, 9.17) is 0 Å². The second kappa shape index (κ2) is 4.51. The number of carbonyl (C=O) groups is 1. The Labute approximate surface area is 103 Å². The van der Waals surface area contributed by atoms with Crippen molar-refractivity contribution in [3.8, 4) is 0 Å². The Morgan fingerprint density at radius 3 is 2.94 bits per heavy atom. The lowest BCUT2D eigenvalue weighted by molar-refractivity contribution is 0.0741. The molecule has 17 heavy (non-hydrogen) atoms. The molecule has 0 unspecified atom stereocenters. The van der Waals surface area contributed by atoms with Crippen LogP contribution in [0.2, 0.25) is 0 Å². The summed E-state index contributed by atoms with van der Waals surface area (Å²) in [6, 6.07) is 0.217. The Kier molecular flexibility index (Phi) is 3.22. The first kappa shape index (κ1) is 12.1. The van der Waals surface area contributed by atoms with Crippen molar-refractivity contribution in [1.29, 1.82) is 0 Å². The highest BCUT2D eigenvalue weighted by Crippen LogP contribution is 2.21. The van der Waals surface area contributed by atoms with Crippen LogP contribution in [0.1, 0.15) is 43.5 Å². The van der Waals surface area contributed by atoms with Crippen LogP contribution in [0.5, 0.6) is 0 Å². The quantitative estimate of drug-likeness (QED) is 0.785. The number of fused-ring (bicyclic) bond motifs is 1. The first-order valence-corrected chi connectivity index (χ1v) is 6.32. The van der Waals surface area contributed by atoms with Gasteiger partial charge in [-0.2, -0.15) is 0 Å². The van der Waals surface area contributed by atoms with Crippen molar-refractivity contribution in [2.24, 2.45) is 5.92 Å². The molecule has 2 heterocycles. The smallest absolute Gasteiger partial charge is 0.272 e. The molecule has 1 amide bonds. The van der Waals surface area contributed by atoms with E-state index >= 15 is 0 Å². The second-order valence-corrected chi connectivity index (χ2v) is 5.32. The Balaban J connectivity index is 2.28. The summed E-state index contributed by atoms with van der Waals surface area (Å²) >= 11 is 0. The molecule has 0 radical (unpaired) electrons. The van der Waals surface area contributed by atoms with Gasteiger partial charge in [0, 0.05) is 26.1 Å². The summed E-state index contributed by atoms with van der Waals surface area (Å²) in [7, 11) is 1.85. The Morgan fingerprint density at radius 2 is 2.29 bits per heavy atom. The number of aromatic nitrogens is 2. The lowest BCUT2D eigenvalue weighted by Gasteiger charge is -2.25. The molecule has 94 valence electrons. The molecule has 0 saturated carbocycles. The summed E-state index contributed by atoms with van der Waals surface area (Å²) < 4.78 is 2.09. The zero-order valence-corrected chi connectivity index (χ0v) is 11.1. The number of carbonyl (C=O) groups excluding carboxylic acids is 1. The lowest BCUT2D eigenvalue weighted by atomic mass is 10.0. The zero-order chi connectivity index (χ0) is 12.6. The molecule has 1 aromatic rings. The van der Waals surface area contributed by atoms with Gasteiger partial charge in [0.15, 0.2) is 0 Å². The maximum Gasteiger partial charge on any atom is 0.272 e. The normalized spacial score (nSPS) is 19.2. The Morgan fingerprint density at radius 1 is 1.59 bits per heavy atom. The van der Waals surface area contributed by atoms with Gasteiger partial charge in [-0.3, -0.25) is 4.79 Å². The summed E-state index contributed by atoms with van der Waals surface area (Å²) in [5.41, 5.74) is 0.739. The minimum Gasteiger partial charge on any atom is -0.338 e. The molecule has 0 saturated heterocycles. The van der Waals surface area contributed by atoms with Gasteiger partial charge >= 0.3 is 0 Å². The third-order valence-electron chi connectivity index (χ3n) is 3.61. The number of amides is 1. The highest BCUT2D eigenvalue weighted by Gasteiger charge is 2.24. The summed E-state index contributed by atoms with van der Waals surface area (Å²) in [5, 5.41) is 0. The third kappa shape index (κ3) is 2.21. The van der Waals surface area contributed by atoms with Gasteiger partial charge in [-0.1, -0.05) is 6.92 Å². The van der Waals surface area contributed by atoms with Gasteiger partial charge in [-0.15, -0.1) is 0 Å². The number of hydrogen-bond donors (Lipinski definition) is 0. The number of rotatable bonds is 2. The monoisotopic (exact) mass is 235 g/mol. The van der Waals surface area contributed by atoms with Gasteiger partial charge < -0.3 is 9.47 Å². The summed E-state index contributed by atoms with van der Waals surface area (Å²) in [6.45, 7) is 7.19. The van der Waals surface area contributed by atoms with E-state index in [0.29, 0.717) is 5.92 Å². The van der Waals surface area contributed by atoms with Crippen molar-refractivity contribution in [2.45, 2.75) is 46.2 Å². The SMILES string of the molecule is CC(C)N(C)C(=O)c1cnc2n1C[C@H](C)CC2. The maximum absolute atomic E-state index is 12.3.